The number of rotatable bonds is 12. The zero-order valence-corrected chi connectivity index (χ0v) is 26.2. The number of ketones is 2. The Morgan fingerprint density at radius 1 is 0.591 bits per heavy atom. The van der Waals surface area contributed by atoms with E-state index in [0.717, 1.165) is 24.3 Å². The van der Waals surface area contributed by atoms with Gasteiger partial charge in [0.2, 0.25) is 0 Å². The first-order valence-electron chi connectivity index (χ1n) is 12.8. The third kappa shape index (κ3) is 8.91. The molecule has 0 saturated carbocycles. The van der Waals surface area contributed by atoms with Crippen LogP contribution in [0.3, 0.4) is 0 Å². The van der Waals surface area contributed by atoms with E-state index in [1.165, 1.54) is 48.5 Å². The van der Waals surface area contributed by atoms with Gasteiger partial charge < -0.3 is 44.6 Å². The van der Waals surface area contributed by atoms with Crippen LogP contribution in [0.15, 0.2) is 72.8 Å². The summed E-state index contributed by atoms with van der Waals surface area (Å²) in [6, 6.07) is 15.4. The molecule has 224 valence electrons. The van der Waals surface area contributed by atoms with E-state index in [9.17, 15) is 49.7 Å². The summed E-state index contributed by atoms with van der Waals surface area (Å²) in [6.45, 7) is 0. The molecule has 0 aromatic heterocycles. The second-order valence-electron chi connectivity index (χ2n) is 9.48. The molecule has 4 rings (SSSR count). The molecule has 44 heavy (non-hydrogen) atoms. The van der Waals surface area contributed by atoms with Crippen molar-refractivity contribution in [3.05, 3.63) is 95.1 Å². The molecule has 0 aliphatic carbocycles. The van der Waals surface area contributed by atoms with Gasteiger partial charge in [0.15, 0.2) is 11.6 Å². The Balaban J connectivity index is 0.00000529. The maximum atomic E-state index is 12.4. The van der Waals surface area contributed by atoms with Gasteiger partial charge in [-0.05, 0) is 48.2 Å². The molecule has 0 aliphatic rings. The summed E-state index contributed by atoms with van der Waals surface area (Å²) in [5, 5.41) is 58.2. The van der Waals surface area contributed by atoms with Crippen molar-refractivity contribution in [2.45, 2.75) is 25.7 Å². The first-order valence-corrected chi connectivity index (χ1v) is 14.2. The van der Waals surface area contributed by atoms with Crippen molar-refractivity contribution in [2.75, 3.05) is 0 Å². The van der Waals surface area contributed by atoms with Gasteiger partial charge in [-0.15, -0.1) is 0 Å². The van der Waals surface area contributed by atoms with Crippen LogP contribution >= 0.6 is 7.82 Å². The van der Waals surface area contributed by atoms with Crippen LogP contribution in [-0.2, 0) is 17.4 Å². The number of Topliss-reactive ketones (excluding diaryl/α,β-unsaturated/α-hetero) is 2. The summed E-state index contributed by atoms with van der Waals surface area (Å²) >= 11 is 0. The first kappa shape index (κ1) is 34.3. The number of aryl methyl sites for hydroxylation is 2. The van der Waals surface area contributed by atoms with E-state index in [1.54, 1.807) is 0 Å². The van der Waals surface area contributed by atoms with Gasteiger partial charge in [-0.1, -0.05) is 24.3 Å². The zero-order valence-electron chi connectivity index (χ0n) is 23.3. The number of phenolic OH excluding ortho intramolecular Hbond substituents is 6. The van der Waals surface area contributed by atoms with E-state index in [4.69, 9.17) is 9.05 Å². The summed E-state index contributed by atoms with van der Waals surface area (Å²) < 4.78 is 22.4. The summed E-state index contributed by atoms with van der Waals surface area (Å²) in [5.74, 6) is -4.16. The molecular formula is C30H26NaO12P. The van der Waals surface area contributed by atoms with Crippen molar-refractivity contribution in [1.29, 1.82) is 0 Å². The Morgan fingerprint density at radius 3 is 1.18 bits per heavy atom. The van der Waals surface area contributed by atoms with Crippen LogP contribution in [0.5, 0.6) is 46.0 Å². The van der Waals surface area contributed by atoms with Crippen LogP contribution < -0.4 is 43.5 Å². The van der Waals surface area contributed by atoms with Crippen molar-refractivity contribution in [3.8, 4) is 46.0 Å². The number of aromatic hydroxyl groups is 6. The smallest absolute Gasteiger partial charge is 0.736 e. The predicted octanol–water partition coefficient (Wildman–Crippen LogP) is 1.48. The maximum Gasteiger partial charge on any atom is 1.00 e. The minimum Gasteiger partial charge on any atom is -0.736 e. The van der Waals surface area contributed by atoms with Gasteiger partial charge in [-0.3, -0.25) is 9.59 Å². The molecule has 14 heteroatoms. The number of phosphoric ester groups is 1. The Morgan fingerprint density at radius 2 is 0.886 bits per heavy atom. The first-order chi connectivity index (χ1) is 20.3. The van der Waals surface area contributed by atoms with Gasteiger partial charge in [-0.2, -0.15) is 0 Å². The van der Waals surface area contributed by atoms with Crippen LogP contribution in [0.1, 0.15) is 44.7 Å². The number of phenols is 6. The van der Waals surface area contributed by atoms with Crippen molar-refractivity contribution < 1.29 is 88.3 Å². The van der Waals surface area contributed by atoms with E-state index >= 15 is 0 Å². The summed E-state index contributed by atoms with van der Waals surface area (Å²) in [5.41, 5.74) is 0.673. The molecule has 0 saturated heterocycles. The minimum absolute atomic E-state index is 0. The molecular weight excluding hydrogens is 606 g/mol. The van der Waals surface area contributed by atoms with Crippen LogP contribution in [0, 0.1) is 0 Å². The number of phosphoric acid groups is 1. The Kier molecular flexibility index (Phi) is 11.3. The third-order valence-electron chi connectivity index (χ3n) is 6.28. The number of carbonyl (C=O) groups is 2. The number of hydrogen-bond donors (Lipinski definition) is 6. The SMILES string of the molecule is O=C(CCc1ccc(OP(=O)([O-])Oc2ccc(CCC(=O)c3c(O)cc(O)cc3O)cc2)cc1)c1c(O)cc(O)cc1O.[Na+]. The molecule has 0 bridgehead atoms. The van der Waals surface area contributed by atoms with Gasteiger partial charge in [-0.25, -0.2) is 4.57 Å². The Bertz CT molecular complexity index is 1540. The molecule has 0 unspecified atom stereocenters. The molecule has 0 radical (unpaired) electrons. The van der Waals surface area contributed by atoms with Crippen molar-refractivity contribution in [3.63, 3.8) is 0 Å². The number of hydrogen-bond acceptors (Lipinski definition) is 12. The standard InChI is InChI=1S/C30H27O12P.Na/c31-19-13-25(35)29(26(36)14-19)23(33)11-5-17-1-7-21(8-2-17)41-43(39,40)42-22-9-3-18(4-10-22)6-12-24(34)30-27(37)15-20(32)16-28(30)38;/h1-4,7-10,13-16,31-32,35-38H,5-6,11-12H2,(H,39,40);/q;+1/p-1. The third-order valence-corrected chi connectivity index (χ3v) is 7.15. The van der Waals surface area contributed by atoms with Gasteiger partial charge in [0.05, 0.1) is 0 Å². The molecule has 0 atom stereocenters. The predicted molar refractivity (Wildman–Crippen MR) is 150 cm³/mol. The Hall–Kier alpha value is -4.19. The normalized spacial score (nSPS) is 10.9. The fraction of sp³-hybridized carbons (Fsp3) is 0.133. The van der Waals surface area contributed by atoms with Crippen LogP contribution in [0.25, 0.3) is 0 Å². The average Bonchev–Trinajstić information content (AvgIpc) is 2.91. The van der Waals surface area contributed by atoms with E-state index in [-0.39, 0.29) is 89.4 Å². The molecule has 0 aliphatic heterocycles. The molecule has 0 amide bonds. The van der Waals surface area contributed by atoms with Crippen molar-refractivity contribution in [1.82, 2.24) is 0 Å². The van der Waals surface area contributed by atoms with E-state index in [2.05, 4.69) is 0 Å². The number of carbonyl (C=O) groups excluding carboxylic acids is 2. The van der Waals surface area contributed by atoms with E-state index in [0.29, 0.717) is 11.1 Å². The minimum atomic E-state index is -4.85. The molecule has 4 aromatic rings. The van der Waals surface area contributed by atoms with Crippen LogP contribution in [-0.4, -0.2) is 42.2 Å². The molecule has 0 heterocycles. The van der Waals surface area contributed by atoms with Gasteiger partial charge >= 0.3 is 37.4 Å². The topological polar surface area (TPSA) is 214 Å². The Labute approximate surface area is 273 Å². The molecule has 0 fully saturated rings. The average molecular weight is 632 g/mol. The fourth-order valence-electron chi connectivity index (χ4n) is 4.24. The van der Waals surface area contributed by atoms with Gasteiger partial charge in [0.1, 0.15) is 57.1 Å². The fourth-order valence-corrected chi connectivity index (χ4v) is 5.04. The zero-order chi connectivity index (χ0) is 31.3. The van der Waals surface area contributed by atoms with Crippen molar-refractivity contribution in [2.24, 2.45) is 0 Å². The van der Waals surface area contributed by atoms with E-state index in [1.807, 2.05) is 0 Å². The molecule has 6 N–H and O–H groups in total. The van der Waals surface area contributed by atoms with Crippen LogP contribution in [0.2, 0.25) is 0 Å². The van der Waals surface area contributed by atoms with Crippen LogP contribution in [0.4, 0.5) is 0 Å². The largest absolute Gasteiger partial charge is 1.00 e. The molecule has 12 nitrogen and oxygen atoms in total. The van der Waals surface area contributed by atoms with Crippen molar-refractivity contribution >= 4 is 19.4 Å². The second-order valence-corrected chi connectivity index (χ2v) is 10.7. The van der Waals surface area contributed by atoms with Gasteiger partial charge in [0.25, 0.3) is 0 Å². The molecule has 4 aromatic carbocycles. The summed E-state index contributed by atoms with van der Waals surface area (Å²) in [4.78, 5) is 37.3. The van der Waals surface area contributed by atoms with Gasteiger partial charge in [0, 0.05) is 37.1 Å². The summed E-state index contributed by atoms with van der Waals surface area (Å²) in [6.07, 6.45) is 0.252. The monoisotopic (exact) mass is 632 g/mol. The maximum absolute atomic E-state index is 12.4. The van der Waals surface area contributed by atoms with E-state index < -0.39 is 42.4 Å². The summed E-state index contributed by atoms with van der Waals surface area (Å²) in [7, 11) is -4.85. The molecule has 0 spiro atoms. The second kappa shape index (κ2) is 14.5. The number of benzene rings is 4. The quantitative estimate of drug-likeness (QED) is 0.0745.